The van der Waals surface area contributed by atoms with Crippen LogP contribution in [0.15, 0.2) is 30.3 Å². The molecule has 0 aliphatic heterocycles. The minimum absolute atomic E-state index is 0.138. The predicted octanol–water partition coefficient (Wildman–Crippen LogP) is 2.85. The van der Waals surface area contributed by atoms with E-state index in [9.17, 15) is 0 Å². The molecule has 0 radical (unpaired) electrons. The first-order valence-electron chi connectivity index (χ1n) is 5.36. The lowest BCUT2D eigenvalue weighted by Crippen LogP contribution is -2.32. The highest BCUT2D eigenvalue weighted by atomic mass is 14.8. The molecular weight excluding hydrogens is 170 g/mol. The monoisotopic (exact) mass is 189 g/mol. The molecule has 2 N–H and O–H groups in total. The molecule has 1 aromatic carbocycles. The zero-order chi connectivity index (χ0) is 10.2. The van der Waals surface area contributed by atoms with Crippen LogP contribution in [0.4, 0.5) is 0 Å². The predicted molar refractivity (Wildman–Crippen MR) is 60.2 cm³/mol. The highest BCUT2D eigenvalue weighted by Crippen LogP contribution is 2.43. The molecule has 1 aromatic rings. The van der Waals surface area contributed by atoms with Gasteiger partial charge in [-0.2, -0.15) is 0 Å². The first kappa shape index (κ1) is 9.72. The van der Waals surface area contributed by atoms with E-state index in [1.165, 1.54) is 18.4 Å². The van der Waals surface area contributed by atoms with Crippen molar-refractivity contribution in [2.45, 2.75) is 44.1 Å². The fourth-order valence-electron chi connectivity index (χ4n) is 2.21. The lowest BCUT2D eigenvalue weighted by atomic mass is 9.78. The molecule has 0 heterocycles. The molecule has 1 aliphatic rings. The lowest BCUT2D eigenvalue weighted by Gasteiger charge is -2.28. The molecule has 0 amide bonds. The molecule has 14 heavy (non-hydrogen) atoms. The van der Waals surface area contributed by atoms with E-state index in [-0.39, 0.29) is 11.0 Å². The normalized spacial score (nSPS) is 19.4. The SMILES string of the molecule is CC(C)(CC1(N)CC1)c1ccccc1. The third-order valence-electron chi connectivity index (χ3n) is 3.24. The summed E-state index contributed by atoms with van der Waals surface area (Å²) in [7, 11) is 0. The fraction of sp³-hybridized carbons (Fsp3) is 0.538. The minimum Gasteiger partial charge on any atom is -0.325 e. The van der Waals surface area contributed by atoms with Crippen molar-refractivity contribution in [3.05, 3.63) is 35.9 Å². The van der Waals surface area contributed by atoms with Crippen molar-refractivity contribution < 1.29 is 0 Å². The Hall–Kier alpha value is -0.820. The van der Waals surface area contributed by atoms with E-state index in [0.29, 0.717) is 0 Å². The van der Waals surface area contributed by atoms with Crippen LogP contribution in [0.2, 0.25) is 0 Å². The summed E-state index contributed by atoms with van der Waals surface area (Å²) in [5, 5.41) is 0. The summed E-state index contributed by atoms with van der Waals surface area (Å²) in [6, 6.07) is 10.7. The highest BCUT2D eigenvalue weighted by Gasteiger charge is 2.42. The van der Waals surface area contributed by atoms with E-state index < -0.39 is 0 Å². The van der Waals surface area contributed by atoms with E-state index in [4.69, 9.17) is 5.73 Å². The second-order valence-corrected chi connectivity index (χ2v) is 5.29. The van der Waals surface area contributed by atoms with Crippen molar-refractivity contribution in [1.29, 1.82) is 0 Å². The number of hydrogen-bond acceptors (Lipinski definition) is 1. The van der Waals surface area contributed by atoms with Gasteiger partial charge in [0.25, 0.3) is 0 Å². The summed E-state index contributed by atoms with van der Waals surface area (Å²) in [6.07, 6.45) is 3.50. The van der Waals surface area contributed by atoms with Gasteiger partial charge in [0.05, 0.1) is 0 Å². The molecule has 0 saturated heterocycles. The lowest BCUT2D eigenvalue weighted by molar-refractivity contribution is 0.412. The first-order valence-corrected chi connectivity index (χ1v) is 5.36. The van der Waals surface area contributed by atoms with Crippen molar-refractivity contribution in [3.63, 3.8) is 0 Å². The highest BCUT2D eigenvalue weighted by molar-refractivity contribution is 5.25. The molecule has 1 fully saturated rings. The van der Waals surface area contributed by atoms with Gasteiger partial charge in [-0.1, -0.05) is 44.2 Å². The van der Waals surface area contributed by atoms with Gasteiger partial charge in [-0.15, -0.1) is 0 Å². The summed E-state index contributed by atoms with van der Waals surface area (Å²) in [5.41, 5.74) is 7.92. The molecule has 0 atom stereocenters. The van der Waals surface area contributed by atoms with Crippen LogP contribution < -0.4 is 5.73 Å². The Morgan fingerprint density at radius 2 is 1.79 bits per heavy atom. The summed E-state index contributed by atoms with van der Waals surface area (Å²) in [4.78, 5) is 0. The van der Waals surface area contributed by atoms with Gasteiger partial charge in [-0.3, -0.25) is 0 Å². The molecule has 1 aliphatic carbocycles. The molecule has 0 unspecified atom stereocenters. The van der Waals surface area contributed by atoms with Gasteiger partial charge in [-0.05, 0) is 30.2 Å². The Labute approximate surface area is 86.3 Å². The third-order valence-corrected chi connectivity index (χ3v) is 3.24. The smallest absolute Gasteiger partial charge is 0.0164 e. The van der Waals surface area contributed by atoms with E-state index >= 15 is 0 Å². The molecular formula is C13H19N. The molecule has 1 nitrogen and oxygen atoms in total. The molecule has 0 aromatic heterocycles. The van der Waals surface area contributed by atoms with Crippen LogP contribution in [-0.2, 0) is 5.41 Å². The quantitative estimate of drug-likeness (QED) is 0.777. The van der Waals surface area contributed by atoms with Gasteiger partial charge < -0.3 is 5.73 Å². The van der Waals surface area contributed by atoms with Crippen LogP contribution in [-0.4, -0.2) is 5.54 Å². The molecule has 76 valence electrons. The average molecular weight is 189 g/mol. The largest absolute Gasteiger partial charge is 0.325 e. The molecule has 0 spiro atoms. The van der Waals surface area contributed by atoms with E-state index in [0.717, 1.165) is 6.42 Å². The molecule has 2 rings (SSSR count). The van der Waals surface area contributed by atoms with Crippen molar-refractivity contribution in [1.82, 2.24) is 0 Å². The fourth-order valence-corrected chi connectivity index (χ4v) is 2.21. The van der Waals surface area contributed by atoms with Gasteiger partial charge in [0.2, 0.25) is 0 Å². The minimum atomic E-state index is 0.138. The molecule has 1 heteroatoms. The molecule has 1 saturated carbocycles. The zero-order valence-corrected chi connectivity index (χ0v) is 9.09. The van der Waals surface area contributed by atoms with Crippen LogP contribution in [0.25, 0.3) is 0 Å². The Morgan fingerprint density at radius 1 is 1.21 bits per heavy atom. The summed E-state index contributed by atoms with van der Waals surface area (Å²) < 4.78 is 0. The van der Waals surface area contributed by atoms with Gasteiger partial charge in [0, 0.05) is 5.54 Å². The second-order valence-electron chi connectivity index (χ2n) is 5.29. The van der Waals surface area contributed by atoms with Crippen LogP contribution >= 0.6 is 0 Å². The second kappa shape index (κ2) is 3.09. The Kier molecular flexibility index (Phi) is 2.15. The van der Waals surface area contributed by atoms with Crippen molar-refractivity contribution in [2.75, 3.05) is 0 Å². The van der Waals surface area contributed by atoms with Crippen molar-refractivity contribution in [2.24, 2.45) is 5.73 Å². The zero-order valence-electron chi connectivity index (χ0n) is 9.09. The number of rotatable bonds is 3. The van der Waals surface area contributed by atoms with E-state index in [2.05, 4.69) is 44.2 Å². The molecule has 0 bridgehead atoms. The summed E-state index contributed by atoms with van der Waals surface area (Å²) >= 11 is 0. The Bertz CT molecular complexity index is 309. The first-order chi connectivity index (χ1) is 6.52. The maximum absolute atomic E-state index is 6.17. The number of benzene rings is 1. The number of hydrogen-bond donors (Lipinski definition) is 1. The topological polar surface area (TPSA) is 26.0 Å². The van der Waals surface area contributed by atoms with Crippen LogP contribution in [0.5, 0.6) is 0 Å². The third kappa shape index (κ3) is 1.98. The maximum Gasteiger partial charge on any atom is 0.0164 e. The average Bonchev–Trinajstić information content (AvgIpc) is 2.84. The van der Waals surface area contributed by atoms with Gasteiger partial charge in [0.1, 0.15) is 0 Å². The Morgan fingerprint density at radius 3 is 2.29 bits per heavy atom. The van der Waals surface area contributed by atoms with Crippen LogP contribution in [0, 0.1) is 0 Å². The van der Waals surface area contributed by atoms with Crippen LogP contribution in [0.3, 0.4) is 0 Å². The summed E-state index contributed by atoms with van der Waals surface area (Å²) in [5.74, 6) is 0. The van der Waals surface area contributed by atoms with Gasteiger partial charge in [0.15, 0.2) is 0 Å². The maximum atomic E-state index is 6.17. The van der Waals surface area contributed by atoms with Crippen molar-refractivity contribution >= 4 is 0 Å². The number of nitrogens with two attached hydrogens (primary N) is 1. The summed E-state index contributed by atoms with van der Waals surface area (Å²) in [6.45, 7) is 4.57. The standard InChI is InChI=1S/C13H19N/c1-12(2,10-13(14)8-9-13)11-6-4-3-5-7-11/h3-7H,8-10,14H2,1-2H3. The van der Waals surface area contributed by atoms with Crippen LogP contribution in [0.1, 0.15) is 38.7 Å². The Balaban J connectivity index is 2.15. The van der Waals surface area contributed by atoms with E-state index in [1.54, 1.807) is 0 Å². The van der Waals surface area contributed by atoms with Crippen molar-refractivity contribution in [3.8, 4) is 0 Å². The van der Waals surface area contributed by atoms with Gasteiger partial charge >= 0.3 is 0 Å². The van der Waals surface area contributed by atoms with Gasteiger partial charge in [-0.25, -0.2) is 0 Å². The van der Waals surface area contributed by atoms with E-state index in [1.807, 2.05) is 0 Å².